The van der Waals surface area contributed by atoms with Crippen LogP contribution >= 0.6 is 0 Å². The van der Waals surface area contributed by atoms with Gasteiger partial charge in [0.25, 0.3) is 5.91 Å². The lowest BCUT2D eigenvalue weighted by atomic mass is 10.0. The van der Waals surface area contributed by atoms with Gasteiger partial charge in [-0.2, -0.15) is 0 Å². The molecule has 0 saturated carbocycles. The first-order valence-electron chi connectivity index (χ1n) is 8.16. The summed E-state index contributed by atoms with van der Waals surface area (Å²) in [7, 11) is 1.70. The Morgan fingerprint density at radius 3 is 2.78 bits per heavy atom. The van der Waals surface area contributed by atoms with Gasteiger partial charge < -0.3 is 9.64 Å². The minimum absolute atomic E-state index is 0.01000. The Balaban J connectivity index is 1.92. The molecular formula is C19H22FNO2. The van der Waals surface area contributed by atoms with Gasteiger partial charge in [0.2, 0.25) is 0 Å². The Morgan fingerprint density at radius 2 is 2.00 bits per heavy atom. The highest BCUT2D eigenvalue weighted by atomic mass is 19.1. The summed E-state index contributed by atoms with van der Waals surface area (Å²) in [4.78, 5) is 14.9. The van der Waals surface area contributed by atoms with E-state index in [2.05, 4.69) is 0 Å². The third-order valence-electron chi connectivity index (χ3n) is 4.56. The topological polar surface area (TPSA) is 29.5 Å². The van der Waals surface area contributed by atoms with Gasteiger partial charge in [0, 0.05) is 31.1 Å². The molecule has 0 bridgehead atoms. The summed E-state index contributed by atoms with van der Waals surface area (Å²) in [5.74, 6) is 0.0765. The SMILES string of the molecule is COC[C@H]1CCCCN(C(=O)c2ccc(F)c3ccccc23)C1. The molecule has 3 nitrogen and oxygen atoms in total. The molecule has 0 spiro atoms. The van der Waals surface area contributed by atoms with E-state index in [9.17, 15) is 9.18 Å². The molecule has 3 rings (SSSR count). The van der Waals surface area contributed by atoms with E-state index in [1.807, 2.05) is 17.0 Å². The highest BCUT2D eigenvalue weighted by Gasteiger charge is 2.24. The minimum Gasteiger partial charge on any atom is -0.384 e. The zero-order valence-electron chi connectivity index (χ0n) is 13.4. The molecule has 0 aromatic heterocycles. The summed E-state index contributed by atoms with van der Waals surface area (Å²) in [6.07, 6.45) is 3.20. The molecule has 1 saturated heterocycles. The first-order chi connectivity index (χ1) is 11.2. The molecule has 0 unspecified atom stereocenters. The van der Waals surface area contributed by atoms with Crippen LogP contribution in [0.5, 0.6) is 0 Å². The summed E-state index contributed by atoms with van der Waals surface area (Å²) in [6, 6.07) is 10.2. The average molecular weight is 315 g/mol. The van der Waals surface area contributed by atoms with Crippen molar-refractivity contribution >= 4 is 16.7 Å². The monoisotopic (exact) mass is 315 g/mol. The summed E-state index contributed by atoms with van der Waals surface area (Å²) < 4.78 is 19.2. The number of rotatable bonds is 3. The van der Waals surface area contributed by atoms with Crippen LogP contribution in [0.3, 0.4) is 0 Å². The lowest BCUT2D eigenvalue weighted by molar-refractivity contribution is 0.0698. The fraction of sp³-hybridized carbons (Fsp3) is 0.421. The molecular weight excluding hydrogens is 293 g/mol. The number of amides is 1. The van der Waals surface area contributed by atoms with Crippen molar-refractivity contribution in [2.24, 2.45) is 5.92 Å². The second kappa shape index (κ2) is 7.09. The Labute approximate surface area is 136 Å². The largest absolute Gasteiger partial charge is 0.384 e. The van der Waals surface area contributed by atoms with Gasteiger partial charge in [-0.25, -0.2) is 4.39 Å². The molecule has 2 aromatic carbocycles. The fourth-order valence-electron chi connectivity index (χ4n) is 3.41. The van der Waals surface area contributed by atoms with E-state index in [-0.39, 0.29) is 11.7 Å². The predicted octanol–water partition coefficient (Wildman–Crippen LogP) is 3.87. The molecule has 4 heteroatoms. The second-order valence-corrected chi connectivity index (χ2v) is 6.21. The molecule has 0 N–H and O–H groups in total. The third-order valence-corrected chi connectivity index (χ3v) is 4.56. The number of carbonyl (C=O) groups is 1. The van der Waals surface area contributed by atoms with E-state index in [4.69, 9.17) is 4.74 Å². The number of ether oxygens (including phenoxy) is 1. The Kier molecular flexibility index (Phi) is 4.91. The molecule has 2 aromatic rings. The first-order valence-corrected chi connectivity index (χ1v) is 8.16. The molecule has 0 radical (unpaired) electrons. The van der Waals surface area contributed by atoms with E-state index in [1.54, 1.807) is 25.3 Å². The molecule has 1 amide bonds. The van der Waals surface area contributed by atoms with Gasteiger partial charge >= 0.3 is 0 Å². The summed E-state index contributed by atoms with van der Waals surface area (Å²) in [5, 5.41) is 1.19. The highest BCUT2D eigenvalue weighted by molar-refractivity contribution is 6.07. The van der Waals surface area contributed by atoms with Gasteiger partial charge in [-0.15, -0.1) is 0 Å². The zero-order valence-corrected chi connectivity index (χ0v) is 13.4. The third kappa shape index (κ3) is 3.37. The van der Waals surface area contributed by atoms with E-state index in [0.717, 1.165) is 25.8 Å². The van der Waals surface area contributed by atoms with Gasteiger partial charge in [-0.1, -0.05) is 30.7 Å². The Morgan fingerprint density at radius 1 is 1.22 bits per heavy atom. The van der Waals surface area contributed by atoms with Crippen LogP contribution in [0.1, 0.15) is 29.6 Å². The number of nitrogens with zero attached hydrogens (tertiary/aromatic N) is 1. The van der Waals surface area contributed by atoms with Crippen LogP contribution in [0.4, 0.5) is 4.39 Å². The Bertz CT molecular complexity index is 701. The van der Waals surface area contributed by atoms with E-state index < -0.39 is 0 Å². The van der Waals surface area contributed by atoms with Crippen LogP contribution in [-0.2, 0) is 4.74 Å². The predicted molar refractivity (Wildman–Crippen MR) is 89.0 cm³/mol. The normalized spacial score (nSPS) is 18.9. The first kappa shape index (κ1) is 15.9. The van der Waals surface area contributed by atoms with Crippen molar-refractivity contribution < 1.29 is 13.9 Å². The number of hydrogen-bond acceptors (Lipinski definition) is 2. The number of methoxy groups -OCH3 is 1. The average Bonchev–Trinajstić information content (AvgIpc) is 2.81. The lowest BCUT2D eigenvalue weighted by Crippen LogP contribution is -2.35. The molecule has 1 aliphatic rings. The fourth-order valence-corrected chi connectivity index (χ4v) is 3.41. The molecule has 122 valence electrons. The maximum Gasteiger partial charge on any atom is 0.254 e. The van der Waals surface area contributed by atoms with Gasteiger partial charge in [0.15, 0.2) is 0 Å². The number of carbonyl (C=O) groups excluding carboxylic acids is 1. The lowest BCUT2D eigenvalue weighted by Gasteiger charge is -2.25. The van der Waals surface area contributed by atoms with Crippen LogP contribution in [0.15, 0.2) is 36.4 Å². The maximum atomic E-state index is 14.0. The smallest absolute Gasteiger partial charge is 0.254 e. The number of fused-ring (bicyclic) bond motifs is 1. The van der Waals surface area contributed by atoms with Crippen molar-refractivity contribution in [3.63, 3.8) is 0 Å². The zero-order chi connectivity index (χ0) is 16.2. The van der Waals surface area contributed by atoms with Gasteiger partial charge in [0.05, 0.1) is 6.61 Å². The van der Waals surface area contributed by atoms with Gasteiger partial charge in [0.1, 0.15) is 5.82 Å². The molecule has 1 aliphatic heterocycles. The summed E-state index contributed by atoms with van der Waals surface area (Å²) in [5.41, 5.74) is 0.583. The van der Waals surface area contributed by atoms with Crippen LogP contribution in [-0.4, -0.2) is 37.6 Å². The van der Waals surface area contributed by atoms with Crippen molar-refractivity contribution in [3.05, 3.63) is 47.8 Å². The van der Waals surface area contributed by atoms with Crippen molar-refractivity contribution in [2.45, 2.75) is 19.3 Å². The molecule has 0 aliphatic carbocycles. The van der Waals surface area contributed by atoms with Crippen molar-refractivity contribution in [1.82, 2.24) is 4.90 Å². The van der Waals surface area contributed by atoms with Crippen molar-refractivity contribution in [2.75, 3.05) is 26.8 Å². The maximum absolute atomic E-state index is 14.0. The minimum atomic E-state index is -0.287. The number of halogens is 1. The number of likely N-dealkylation sites (tertiary alicyclic amines) is 1. The number of hydrogen-bond donors (Lipinski definition) is 0. The van der Waals surface area contributed by atoms with Gasteiger partial charge in [-0.3, -0.25) is 4.79 Å². The van der Waals surface area contributed by atoms with Crippen LogP contribution < -0.4 is 0 Å². The van der Waals surface area contributed by atoms with E-state index >= 15 is 0 Å². The summed E-state index contributed by atoms with van der Waals surface area (Å²) in [6.45, 7) is 2.14. The molecule has 23 heavy (non-hydrogen) atoms. The van der Waals surface area contributed by atoms with Crippen LogP contribution in [0.2, 0.25) is 0 Å². The molecule has 1 fully saturated rings. The van der Waals surface area contributed by atoms with Crippen molar-refractivity contribution in [3.8, 4) is 0 Å². The standard InChI is InChI=1S/C19H22FNO2/c1-23-13-14-6-4-5-11-21(12-14)19(22)17-9-10-18(20)16-8-3-2-7-15(16)17/h2-3,7-10,14H,4-6,11-13H2,1H3/t14-/m0/s1. The van der Waals surface area contributed by atoms with E-state index in [0.29, 0.717) is 35.4 Å². The van der Waals surface area contributed by atoms with Crippen molar-refractivity contribution in [1.29, 1.82) is 0 Å². The van der Waals surface area contributed by atoms with E-state index in [1.165, 1.54) is 6.07 Å². The van der Waals surface area contributed by atoms with Gasteiger partial charge in [-0.05, 0) is 36.3 Å². The summed E-state index contributed by atoms with van der Waals surface area (Å²) >= 11 is 0. The second-order valence-electron chi connectivity index (χ2n) is 6.21. The van der Waals surface area contributed by atoms with Crippen LogP contribution in [0.25, 0.3) is 10.8 Å². The molecule has 1 atom stereocenters. The quantitative estimate of drug-likeness (QED) is 0.860. The highest BCUT2D eigenvalue weighted by Crippen LogP contribution is 2.25. The van der Waals surface area contributed by atoms with Crippen LogP contribution in [0, 0.1) is 11.7 Å². The molecule has 1 heterocycles. The Hall–Kier alpha value is -1.94. The number of benzene rings is 2.